The Morgan fingerprint density at radius 3 is 2.52 bits per heavy atom. The zero-order valence-electron chi connectivity index (χ0n) is 11.7. The fraction of sp³-hybridized carbons (Fsp3) is 0.0667. The molecule has 7 nitrogen and oxygen atoms in total. The van der Waals surface area contributed by atoms with Gasteiger partial charge in [0.2, 0.25) is 0 Å². The topological polar surface area (TPSA) is 98.5 Å². The van der Waals surface area contributed by atoms with E-state index in [2.05, 4.69) is 27.9 Å². The summed E-state index contributed by atoms with van der Waals surface area (Å²) in [6, 6.07) is 12.2. The van der Waals surface area contributed by atoms with Crippen LogP contribution in [0.15, 0.2) is 48.5 Å². The maximum absolute atomic E-state index is 11.8. The second-order valence-electron chi connectivity index (χ2n) is 4.44. The Morgan fingerprint density at radius 1 is 1.17 bits per heavy atom. The molecular formula is C15H11IN2O5. The second kappa shape index (κ2) is 7.68. The summed E-state index contributed by atoms with van der Waals surface area (Å²) in [5.74, 6) is -1.19. The minimum absolute atomic E-state index is 0.140. The van der Waals surface area contributed by atoms with Crippen LogP contribution in [-0.4, -0.2) is 23.4 Å². The van der Waals surface area contributed by atoms with Crippen LogP contribution < -0.4 is 5.32 Å². The number of nitro groups is 1. The van der Waals surface area contributed by atoms with Crippen molar-refractivity contribution < 1.29 is 19.2 Å². The summed E-state index contributed by atoms with van der Waals surface area (Å²) in [6.07, 6.45) is 0. The number of benzene rings is 2. The molecule has 0 aliphatic heterocycles. The van der Waals surface area contributed by atoms with Gasteiger partial charge in [-0.05, 0) is 52.9 Å². The minimum atomic E-state index is -0.615. The molecule has 0 aliphatic rings. The third-order valence-corrected chi connectivity index (χ3v) is 3.47. The molecule has 2 rings (SSSR count). The third kappa shape index (κ3) is 5.02. The predicted octanol–water partition coefficient (Wildman–Crippen LogP) is 2.99. The van der Waals surface area contributed by atoms with Gasteiger partial charge in [0.1, 0.15) is 0 Å². The van der Waals surface area contributed by atoms with Gasteiger partial charge in [0.25, 0.3) is 11.6 Å². The van der Waals surface area contributed by atoms with E-state index in [1.807, 2.05) is 0 Å². The Labute approximate surface area is 144 Å². The highest BCUT2D eigenvalue weighted by Gasteiger charge is 2.12. The first-order valence-corrected chi connectivity index (χ1v) is 7.50. The smallest absolute Gasteiger partial charge is 0.338 e. The number of carbonyl (C=O) groups excluding carboxylic acids is 2. The van der Waals surface area contributed by atoms with E-state index in [0.29, 0.717) is 5.56 Å². The lowest BCUT2D eigenvalue weighted by molar-refractivity contribution is -0.384. The molecule has 1 amide bonds. The third-order valence-electron chi connectivity index (χ3n) is 2.76. The van der Waals surface area contributed by atoms with Gasteiger partial charge >= 0.3 is 5.97 Å². The van der Waals surface area contributed by atoms with Crippen molar-refractivity contribution in [2.45, 2.75) is 0 Å². The Hall–Kier alpha value is -2.49. The highest BCUT2D eigenvalue weighted by atomic mass is 127. The van der Waals surface area contributed by atoms with E-state index < -0.39 is 23.4 Å². The number of anilines is 1. The van der Waals surface area contributed by atoms with Crippen molar-refractivity contribution in [3.05, 3.63) is 67.8 Å². The molecule has 118 valence electrons. The number of nitrogens with one attached hydrogen (secondary N) is 1. The fourth-order valence-electron chi connectivity index (χ4n) is 1.69. The maximum atomic E-state index is 11.8. The highest BCUT2D eigenvalue weighted by molar-refractivity contribution is 14.1. The zero-order valence-corrected chi connectivity index (χ0v) is 13.8. The van der Waals surface area contributed by atoms with Gasteiger partial charge < -0.3 is 10.1 Å². The maximum Gasteiger partial charge on any atom is 0.338 e. The number of rotatable bonds is 5. The Balaban J connectivity index is 1.90. The first kappa shape index (κ1) is 16.9. The van der Waals surface area contributed by atoms with Crippen molar-refractivity contribution in [3.8, 4) is 0 Å². The van der Waals surface area contributed by atoms with Crippen molar-refractivity contribution in [3.63, 3.8) is 0 Å². The van der Waals surface area contributed by atoms with E-state index in [9.17, 15) is 19.7 Å². The van der Waals surface area contributed by atoms with Crippen molar-refractivity contribution in [1.82, 2.24) is 0 Å². The van der Waals surface area contributed by atoms with Gasteiger partial charge in [0.15, 0.2) is 6.61 Å². The first-order chi connectivity index (χ1) is 11.0. The number of nitro benzene ring substituents is 1. The monoisotopic (exact) mass is 426 g/mol. The molecule has 0 aromatic heterocycles. The van der Waals surface area contributed by atoms with Crippen LogP contribution in [0, 0.1) is 13.7 Å². The molecule has 2 aromatic rings. The van der Waals surface area contributed by atoms with Gasteiger partial charge in [-0.3, -0.25) is 14.9 Å². The molecule has 0 fully saturated rings. The Morgan fingerprint density at radius 2 is 1.87 bits per heavy atom. The second-order valence-corrected chi connectivity index (χ2v) is 5.68. The predicted molar refractivity (Wildman–Crippen MR) is 91.2 cm³/mol. The van der Waals surface area contributed by atoms with Crippen LogP contribution in [0.2, 0.25) is 0 Å². The molecule has 0 unspecified atom stereocenters. The summed E-state index contributed by atoms with van der Waals surface area (Å²) in [6.45, 7) is -0.479. The number of hydrogen-bond acceptors (Lipinski definition) is 5. The lowest BCUT2D eigenvalue weighted by atomic mass is 10.2. The number of non-ortho nitro benzene ring substituents is 1. The Bertz CT molecular complexity index is 746. The molecule has 0 spiro atoms. The summed E-state index contributed by atoms with van der Waals surface area (Å²) in [5, 5.41) is 13.1. The molecule has 0 heterocycles. The van der Waals surface area contributed by atoms with E-state index in [4.69, 9.17) is 4.74 Å². The number of amides is 1. The zero-order chi connectivity index (χ0) is 16.8. The van der Waals surface area contributed by atoms with E-state index >= 15 is 0 Å². The number of hydrogen-bond donors (Lipinski definition) is 1. The summed E-state index contributed by atoms with van der Waals surface area (Å²) in [4.78, 5) is 33.6. The number of carbonyl (C=O) groups is 2. The summed E-state index contributed by atoms with van der Waals surface area (Å²) in [5.41, 5.74) is 0.460. The highest BCUT2D eigenvalue weighted by Crippen LogP contribution is 2.17. The van der Waals surface area contributed by atoms with E-state index in [1.165, 1.54) is 24.3 Å². The fourth-order valence-corrected chi connectivity index (χ4v) is 2.05. The number of nitrogens with zero attached hydrogens (tertiary/aromatic N) is 1. The van der Waals surface area contributed by atoms with Crippen molar-refractivity contribution >= 4 is 45.8 Å². The lowest BCUT2D eigenvalue weighted by Crippen LogP contribution is -2.20. The van der Waals surface area contributed by atoms with Crippen molar-refractivity contribution in [2.24, 2.45) is 0 Å². The van der Waals surface area contributed by atoms with Crippen molar-refractivity contribution in [1.29, 1.82) is 0 Å². The van der Waals surface area contributed by atoms with Gasteiger partial charge in [-0.15, -0.1) is 0 Å². The van der Waals surface area contributed by atoms with Gasteiger partial charge in [0, 0.05) is 21.4 Å². The van der Waals surface area contributed by atoms with Crippen molar-refractivity contribution in [2.75, 3.05) is 11.9 Å². The van der Waals surface area contributed by atoms with Crippen LogP contribution in [-0.2, 0) is 9.53 Å². The quantitative estimate of drug-likeness (QED) is 0.343. The molecule has 1 N–H and O–H groups in total. The van der Waals surface area contributed by atoms with Gasteiger partial charge in [-0.1, -0.05) is 6.07 Å². The molecule has 0 atom stereocenters. The lowest BCUT2D eigenvalue weighted by Gasteiger charge is -2.06. The molecule has 2 aromatic carbocycles. The average Bonchev–Trinajstić information content (AvgIpc) is 2.53. The molecule has 8 heteroatoms. The normalized spacial score (nSPS) is 9.96. The number of halogens is 1. The standard InChI is InChI=1S/C15H11IN2O5/c16-11-6-4-10(5-7-11)15(20)23-9-14(19)17-12-2-1-3-13(8-12)18(21)22/h1-8H,9H2,(H,17,19). The van der Waals surface area contributed by atoms with Crippen LogP contribution in [0.3, 0.4) is 0 Å². The molecule has 0 saturated heterocycles. The minimum Gasteiger partial charge on any atom is -0.452 e. The van der Waals surface area contributed by atoms with E-state index in [1.54, 1.807) is 24.3 Å². The van der Waals surface area contributed by atoms with E-state index in [-0.39, 0.29) is 11.4 Å². The molecule has 0 radical (unpaired) electrons. The summed E-state index contributed by atoms with van der Waals surface area (Å²) < 4.78 is 5.87. The van der Waals surface area contributed by atoms with Crippen LogP contribution in [0.25, 0.3) is 0 Å². The first-order valence-electron chi connectivity index (χ1n) is 6.43. The average molecular weight is 426 g/mol. The number of ether oxygens (including phenoxy) is 1. The molecule has 23 heavy (non-hydrogen) atoms. The summed E-state index contributed by atoms with van der Waals surface area (Å²) in [7, 11) is 0. The van der Waals surface area contributed by atoms with Crippen LogP contribution >= 0.6 is 22.6 Å². The largest absolute Gasteiger partial charge is 0.452 e. The molecule has 0 bridgehead atoms. The van der Waals surface area contributed by atoms with Gasteiger partial charge in [0.05, 0.1) is 10.5 Å². The summed E-state index contributed by atoms with van der Waals surface area (Å²) >= 11 is 2.11. The molecule has 0 aliphatic carbocycles. The molecule has 0 saturated carbocycles. The SMILES string of the molecule is O=C(COC(=O)c1ccc(I)cc1)Nc1cccc([N+](=O)[O-])c1. The Kier molecular flexibility index (Phi) is 5.63. The molecular weight excluding hydrogens is 415 g/mol. The van der Waals surface area contributed by atoms with Gasteiger partial charge in [-0.25, -0.2) is 4.79 Å². The van der Waals surface area contributed by atoms with Gasteiger partial charge in [-0.2, -0.15) is 0 Å². The van der Waals surface area contributed by atoms with E-state index in [0.717, 1.165) is 3.57 Å². The van der Waals surface area contributed by atoms with Crippen LogP contribution in [0.5, 0.6) is 0 Å². The van der Waals surface area contributed by atoms with Crippen LogP contribution in [0.4, 0.5) is 11.4 Å². The van der Waals surface area contributed by atoms with Crippen LogP contribution in [0.1, 0.15) is 10.4 Å². The number of esters is 1.